The number of halogens is 1. The lowest BCUT2D eigenvalue weighted by atomic mass is 10.3. The number of ether oxygens (including phenoxy) is 2. The van der Waals surface area contributed by atoms with Gasteiger partial charge in [0.1, 0.15) is 22.8 Å². The molecule has 0 N–H and O–H groups in total. The Morgan fingerprint density at radius 1 is 1.10 bits per heavy atom. The van der Waals surface area contributed by atoms with Gasteiger partial charge in [-0.05, 0) is 57.4 Å². The molecule has 8 heteroatoms. The molecule has 3 aromatic rings. The lowest BCUT2D eigenvalue weighted by Gasteiger charge is -2.22. The first kappa shape index (κ1) is 21.0. The van der Waals surface area contributed by atoms with Gasteiger partial charge in [0.2, 0.25) is 0 Å². The lowest BCUT2D eigenvalue weighted by molar-refractivity contribution is -0.120. The minimum atomic E-state index is -0.351. The Balaban J connectivity index is 1.82. The van der Waals surface area contributed by atoms with Crippen LogP contribution in [0.3, 0.4) is 0 Å². The normalized spacial score (nSPS) is 11.1. The van der Waals surface area contributed by atoms with E-state index >= 15 is 0 Å². The van der Waals surface area contributed by atoms with Crippen molar-refractivity contribution >= 4 is 32.6 Å². The molecule has 2 aromatic carbocycles. The second-order valence-corrected chi connectivity index (χ2v) is 7.63. The molecule has 0 aliphatic rings. The van der Waals surface area contributed by atoms with Gasteiger partial charge in [0, 0.05) is 13.1 Å². The van der Waals surface area contributed by atoms with Crippen molar-refractivity contribution in [1.82, 2.24) is 9.88 Å². The van der Waals surface area contributed by atoms with E-state index in [1.807, 2.05) is 44.1 Å². The number of para-hydroxylation sites is 1. The summed E-state index contributed by atoms with van der Waals surface area (Å²) in [5.74, 6) is 0.578. The molecule has 1 amide bonds. The number of hydrogen-bond acceptors (Lipinski definition) is 6. The third-order valence-electron chi connectivity index (χ3n) is 4.15. The summed E-state index contributed by atoms with van der Waals surface area (Å²) >= 11 is 1.44. The predicted octanol–water partition coefficient (Wildman–Crippen LogP) is 3.81. The third kappa shape index (κ3) is 5.42. The van der Waals surface area contributed by atoms with Crippen molar-refractivity contribution in [2.45, 2.75) is 6.92 Å². The third-order valence-corrected chi connectivity index (χ3v) is 5.19. The van der Waals surface area contributed by atoms with E-state index in [-0.39, 0.29) is 18.3 Å². The summed E-state index contributed by atoms with van der Waals surface area (Å²) in [5.41, 5.74) is 0.747. The van der Waals surface area contributed by atoms with E-state index in [0.717, 1.165) is 10.2 Å². The van der Waals surface area contributed by atoms with Crippen molar-refractivity contribution in [3.05, 3.63) is 48.3 Å². The Morgan fingerprint density at radius 3 is 2.55 bits per heavy atom. The highest BCUT2D eigenvalue weighted by Crippen LogP contribution is 2.34. The monoisotopic (exact) mass is 417 g/mol. The van der Waals surface area contributed by atoms with Gasteiger partial charge in [-0.3, -0.25) is 9.69 Å². The number of carbonyl (C=O) groups is 1. The van der Waals surface area contributed by atoms with Crippen molar-refractivity contribution in [3.63, 3.8) is 0 Å². The maximum atomic E-state index is 13.0. The van der Waals surface area contributed by atoms with Gasteiger partial charge in [0.15, 0.2) is 11.7 Å². The van der Waals surface area contributed by atoms with E-state index in [1.54, 1.807) is 4.90 Å². The molecule has 3 rings (SSSR count). The van der Waals surface area contributed by atoms with Crippen LogP contribution < -0.4 is 14.4 Å². The van der Waals surface area contributed by atoms with E-state index in [9.17, 15) is 9.18 Å². The number of likely N-dealkylation sites (N-methyl/N-ethyl adjacent to an activating group) is 1. The Labute approximate surface area is 173 Å². The fraction of sp³-hybridized carbons (Fsp3) is 0.333. The Hall–Kier alpha value is -2.71. The molecule has 0 bridgehead atoms. The minimum absolute atomic E-state index is 0.159. The molecule has 6 nitrogen and oxygen atoms in total. The van der Waals surface area contributed by atoms with Gasteiger partial charge in [-0.25, -0.2) is 9.37 Å². The SMILES string of the molecule is CCOc1cccc2sc(N(CCN(C)C)C(=O)COc3ccc(F)cc3)nc12. The molecule has 0 atom stereocenters. The second-order valence-electron chi connectivity index (χ2n) is 6.62. The van der Waals surface area contributed by atoms with E-state index < -0.39 is 0 Å². The van der Waals surface area contributed by atoms with E-state index in [1.165, 1.54) is 35.6 Å². The number of benzene rings is 2. The van der Waals surface area contributed by atoms with E-state index in [2.05, 4.69) is 4.98 Å². The fourth-order valence-corrected chi connectivity index (χ4v) is 3.71. The summed E-state index contributed by atoms with van der Waals surface area (Å²) in [6.45, 7) is 3.46. The number of aromatic nitrogens is 1. The number of anilines is 1. The molecule has 29 heavy (non-hydrogen) atoms. The van der Waals surface area contributed by atoms with Crippen molar-refractivity contribution in [2.24, 2.45) is 0 Å². The van der Waals surface area contributed by atoms with Crippen molar-refractivity contribution in [2.75, 3.05) is 45.3 Å². The molecule has 1 aromatic heterocycles. The smallest absolute Gasteiger partial charge is 0.266 e. The molecule has 154 valence electrons. The first-order chi connectivity index (χ1) is 14.0. The average Bonchev–Trinajstić information content (AvgIpc) is 3.12. The second kappa shape index (κ2) is 9.67. The highest BCUT2D eigenvalue weighted by atomic mass is 32.1. The zero-order valence-corrected chi connectivity index (χ0v) is 17.5. The van der Waals surface area contributed by atoms with Crippen LogP contribution >= 0.6 is 11.3 Å². The molecular formula is C21H24FN3O3S. The molecule has 0 aliphatic heterocycles. The van der Waals surface area contributed by atoms with Gasteiger partial charge in [0.25, 0.3) is 5.91 Å². The summed E-state index contributed by atoms with van der Waals surface area (Å²) < 4.78 is 25.2. The van der Waals surface area contributed by atoms with Crippen molar-refractivity contribution < 1.29 is 18.7 Å². The number of nitrogens with zero attached hydrogens (tertiary/aromatic N) is 3. The molecule has 0 radical (unpaired) electrons. The first-order valence-electron chi connectivity index (χ1n) is 9.33. The van der Waals surface area contributed by atoms with Crippen LogP contribution in [0.1, 0.15) is 6.92 Å². The molecule has 0 aliphatic carbocycles. The zero-order valence-electron chi connectivity index (χ0n) is 16.7. The molecule has 0 saturated carbocycles. The van der Waals surface area contributed by atoms with Gasteiger partial charge in [-0.2, -0.15) is 0 Å². The van der Waals surface area contributed by atoms with E-state index in [0.29, 0.717) is 36.3 Å². The molecule has 0 unspecified atom stereocenters. The van der Waals surface area contributed by atoms with Crippen LogP contribution in [0.25, 0.3) is 10.2 Å². The van der Waals surface area contributed by atoms with Crippen LogP contribution in [0.5, 0.6) is 11.5 Å². The van der Waals surface area contributed by atoms with Crippen molar-refractivity contribution in [1.29, 1.82) is 0 Å². The Bertz CT molecular complexity index is 959. The van der Waals surface area contributed by atoms with Crippen LogP contribution in [0, 0.1) is 5.82 Å². The highest BCUT2D eigenvalue weighted by molar-refractivity contribution is 7.22. The van der Waals surface area contributed by atoms with Crippen LogP contribution in [-0.4, -0.2) is 56.2 Å². The van der Waals surface area contributed by atoms with Gasteiger partial charge >= 0.3 is 0 Å². The van der Waals surface area contributed by atoms with Crippen LogP contribution in [0.15, 0.2) is 42.5 Å². The van der Waals surface area contributed by atoms with Gasteiger partial charge in [-0.15, -0.1) is 0 Å². The molecule has 0 fully saturated rings. The standard InChI is InChI=1S/C21H24FN3O3S/c1-4-27-17-6-5-7-18-20(17)23-21(29-18)25(13-12-24(2)3)19(26)14-28-16-10-8-15(22)9-11-16/h5-11H,4,12-14H2,1-3H3. The Kier molecular flexibility index (Phi) is 7.00. The Morgan fingerprint density at radius 2 is 1.86 bits per heavy atom. The molecule has 0 spiro atoms. The van der Waals surface area contributed by atoms with Crippen LogP contribution in [0.2, 0.25) is 0 Å². The van der Waals surface area contributed by atoms with Crippen molar-refractivity contribution in [3.8, 4) is 11.5 Å². The average molecular weight is 418 g/mol. The van der Waals surface area contributed by atoms with Crippen LogP contribution in [-0.2, 0) is 4.79 Å². The van der Waals surface area contributed by atoms with Gasteiger partial charge < -0.3 is 14.4 Å². The number of amides is 1. The summed E-state index contributed by atoms with van der Waals surface area (Å²) in [6, 6.07) is 11.3. The summed E-state index contributed by atoms with van der Waals surface area (Å²) in [5, 5.41) is 0.599. The van der Waals surface area contributed by atoms with E-state index in [4.69, 9.17) is 9.47 Å². The maximum Gasteiger partial charge on any atom is 0.266 e. The summed E-state index contributed by atoms with van der Waals surface area (Å²) in [4.78, 5) is 21.2. The summed E-state index contributed by atoms with van der Waals surface area (Å²) in [6.07, 6.45) is 0. The highest BCUT2D eigenvalue weighted by Gasteiger charge is 2.21. The zero-order chi connectivity index (χ0) is 20.8. The van der Waals surface area contributed by atoms with Gasteiger partial charge in [-0.1, -0.05) is 17.4 Å². The maximum absolute atomic E-state index is 13.0. The predicted molar refractivity (Wildman–Crippen MR) is 114 cm³/mol. The van der Waals surface area contributed by atoms with Gasteiger partial charge in [0.05, 0.1) is 11.3 Å². The lowest BCUT2D eigenvalue weighted by Crippen LogP contribution is -2.39. The number of thiazole rings is 1. The topological polar surface area (TPSA) is 54.9 Å². The quantitative estimate of drug-likeness (QED) is 0.530. The molecule has 1 heterocycles. The number of fused-ring (bicyclic) bond motifs is 1. The fourth-order valence-electron chi connectivity index (χ4n) is 2.68. The van der Waals surface area contributed by atoms with Crippen LogP contribution in [0.4, 0.5) is 9.52 Å². The number of carbonyl (C=O) groups excluding carboxylic acids is 1. The number of hydrogen-bond donors (Lipinski definition) is 0. The minimum Gasteiger partial charge on any atom is -0.492 e. The molecular weight excluding hydrogens is 393 g/mol. The largest absolute Gasteiger partial charge is 0.492 e. The summed E-state index contributed by atoms with van der Waals surface area (Å²) in [7, 11) is 3.90. The molecule has 0 saturated heterocycles. The first-order valence-corrected chi connectivity index (χ1v) is 10.2. The number of rotatable bonds is 9.